The smallest absolute Gasteiger partial charge is 0.191 e. The largest absolute Gasteiger partial charge is 0.377 e. The van der Waals surface area contributed by atoms with E-state index in [1.807, 2.05) is 11.7 Å². The van der Waals surface area contributed by atoms with Crippen LogP contribution in [0, 0.1) is 5.92 Å². The molecule has 2 aromatic rings. The molecule has 3 heterocycles. The standard InChI is InChI=1S/C24H37N7O/c1-18-7-6-12-30(14-18)15-20-9-5-4-8-19(20)13-26-24(25-2)27-21-10-11-23-28-22(17-32-3)29-31(23)16-21/h4-5,8-9,18,21H,6-7,10-17H2,1-3H3,(H2,25,26,27). The van der Waals surface area contributed by atoms with E-state index in [2.05, 4.69) is 61.8 Å². The van der Waals surface area contributed by atoms with Gasteiger partial charge in [-0.1, -0.05) is 31.2 Å². The summed E-state index contributed by atoms with van der Waals surface area (Å²) in [6.45, 7) is 7.79. The van der Waals surface area contributed by atoms with Crippen molar-refractivity contribution in [2.24, 2.45) is 10.9 Å². The first-order chi connectivity index (χ1) is 15.6. The molecule has 2 unspecified atom stereocenters. The lowest BCUT2D eigenvalue weighted by molar-refractivity contribution is 0.176. The Morgan fingerprint density at radius 2 is 2.06 bits per heavy atom. The third kappa shape index (κ3) is 5.86. The van der Waals surface area contributed by atoms with Crippen LogP contribution in [0.15, 0.2) is 29.3 Å². The highest BCUT2D eigenvalue weighted by Crippen LogP contribution is 2.19. The van der Waals surface area contributed by atoms with Crippen molar-refractivity contribution in [3.8, 4) is 0 Å². The van der Waals surface area contributed by atoms with Gasteiger partial charge in [0.1, 0.15) is 12.4 Å². The first-order valence-corrected chi connectivity index (χ1v) is 11.8. The number of aryl methyl sites for hydroxylation is 1. The molecule has 174 valence electrons. The molecule has 2 N–H and O–H groups in total. The topological polar surface area (TPSA) is 79.6 Å². The molecule has 0 saturated carbocycles. The number of hydrogen-bond donors (Lipinski definition) is 2. The van der Waals surface area contributed by atoms with Crippen molar-refractivity contribution in [1.82, 2.24) is 30.3 Å². The predicted octanol–water partition coefficient (Wildman–Crippen LogP) is 2.34. The van der Waals surface area contributed by atoms with E-state index >= 15 is 0 Å². The molecule has 32 heavy (non-hydrogen) atoms. The molecule has 2 aliphatic heterocycles. The molecule has 1 fully saturated rings. The van der Waals surface area contributed by atoms with Gasteiger partial charge in [-0.2, -0.15) is 5.10 Å². The molecule has 0 radical (unpaired) electrons. The number of guanidine groups is 1. The van der Waals surface area contributed by atoms with Gasteiger partial charge in [0.05, 0.1) is 6.54 Å². The molecule has 1 saturated heterocycles. The molecular formula is C24H37N7O. The summed E-state index contributed by atoms with van der Waals surface area (Å²) >= 11 is 0. The Balaban J connectivity index is 1.32. The fourth-order valence-electron chi connectivity index (χ4n) is 4.79. The van der Waals surface area contributed by atoms with Gasteiger partial charge in [0.2, 0.25) is 0 Å². The van der Waals surface area contributed by atoms with Crippen LogP contribution in [-0.2, 0) is 37.4 Å². The van der Waals surface area contributed by atoms with E-state index in [4.69, 9.17) is 4.74 Å². The van der Waals surface area contributed by atoms with Crippen molar-refractivity contribution < 1.29 is 4.74 Å². The number of nitrogens with zero attached hydrogens (tertiary/aromatic N) is 5. The number of benzene rings is 1. The average molecular weight is 440 g/mol. The number of likely N-dealkylation sites (tertiary alicyclic amines) is 1. The van der Waals surface area contributed by atoms with Crippen molar-refractivity contribution in [3.63, 3.8) is 0 Å². The second-order valence-electron chi connectivity index (χ2n) is 9.12. The maximum Gasteiger partial charge on any atom is 0.191 e. The minimum absolute atomic E-state index is 0.274. The number of ether oxygens (including phenoxy) is 1. The van der Waals surface area contributed by atoms with E-state index in [0.29, 0.717) is 6.61 Å². The Labute approximate surface area is 191 Å². The van der Waals surface area contributed by atoms with Gasteiger partial charge in [0.25, 0.3) is 0 Å². The van der Waals surface area contributed by atoms with Crippen LogP contribution in [0.2, 0.25) is 0 Å². The Bertz CT molecular complexity index is 910. The van der Waals surface area contributed by atoms with E-state index in [0.717, 1.165) is 56.0 Å². The zero-order valence-electron chi connectivity index (χ0n) is 19.7. The average Bonchev–Trinajstić information content (AvgIpc) is 3.19. The number of hydrogen-bond acceptors (Lipinski definition) is 5. The number of fused-ring (bicyclic) bond motifs is 1. The number of aromatic nitrogens is 3. The van der Waals surface area contributed by atoms with Crippen LogP contribution in [0.4, 0.5) is 0 Å². The highest BCUT2D eigenvalue weighted by molar-refractivity contribution is 5.80. The molecule has 0 bridgehead atoms. The highest BCUT2D eigenvalue weighted by atomic mass is 16.5. The fourth-order valence-corrected chi connectivity index (χ4v) is 4.79. The van der Waals surface area contributed by atoms with Gasteiger partial charge in [-0.3, -0.25) is 9.89 Å². The third-order valence-corrected chi connectivity index (χ3v) is 6.44. The molecule has 1 aromatic heterocycles. The van der Waals surface area contributed by atoms with Gasteiger partial charge in [-0.25, -0.2) is 9.67 Å². The number of piperidine rings is 1. The van der Waals surface area contributed by atoms with Crippen LogP contribution in [0.1, 0.15) is 49.0 Å². The lowest BCUT2D eigenvalue weighted by atomic mass is 9.99. The van der Waals surface area contributed by atoms with Crippen molar-refractivity contribution >= 4 is 5.96 Å². The summed E-state index contributed by atoms with van der Waals surface area (Å²) in [6, 6.07) is 9.03. The normalized spacial score (nSPS) is 21.9. The van der Waals surface area contributed by atoms with Crippen molar-refractivity contribution in [2.75, 3.05) is 27.2 Å². The van der Waals surface area contributed by atoms with Gasteiger partial charge in [-0.15, -0.1) is 0 Å². The first kappa shape index (κ1) is 22.7. The van der Waals surface area contributed by atoms with E-state index in [1.165, 1.54) is 37.1 Å². The van der Waals surface area contributed by atoms with Crippen molar-refractivity contribution in [3.05, 3.63) is 47.0 Å². The van der Waals surface area contributed by atoms with Gasteiger partial charge in [0.15, 0.2) is 11.8 Å². The quantitative estimate of drug-likeness (QED) is 0.509. The number of methoxy groups -OCH3 is 1. The van der Waals surface area contributed by atoms with Crippen LogP contribution >= 0.6 is 0 Å². The lowest BCUT2D eigenvalue weighted by Crippen LogP contribution is -2.47. The van der Waals surface area contributed by atoms with Crippen LogP contribution < -0.4 is 10.6 Å². The van der Waals surface area contributed by atoms with Crippen LogP contribution in [0.25, 0.3) is 0 Å². The number of nitrogens with one attached hydrogen (secondary N) is 2. The van der Waals surface area contributed by atoms with Gasteiger partial charge >= 0.3 is 0 Å². The molecule has 2 atom stereocenters. The molecule has 0 spiro atoms. The summed E-state index contributed by atoms with van der Waals surface area (Å²) in [7, 11) is 3.50. The minimum atomic E-state index is 0.274. The van der Waals surface area contributed by atoms with Crippen LogP contribution in [0.3, 0.4) is 0 Å². The van der Waals surface area contributed by atoms with Crippen LogP contribution in [-0.4, -0.2) is 58.9 Å². The molecule has 8 nitrogen and oxygen atoms in total. The number of rotatable bonds is 7. The molecule has 2 aliphatic rings. The lowest BCUT2D eigenvalue weighted by Gasteiger charge is -2.31. The molecule has 8 heteroatoms. The van der Waals surface area contributed by atoms with Crippen molar-refractivity contribution in [2.45, 2.75) is 64.9 Å². The van der Waals surface area contributed by atoms with Gasteiger partial charge in [-0.05, 0) is 42.9 Å². The SMILES string of the molecule is CN=C(NCc1ccccc1CN1CCCC(C)C1)NC1CCc2nc(COC)nn2C1. The maximum absolute atomic E-state index is 5.17. The molecule has 0 amide bonds. The van der Waals surface area contributed by atoms with E-state index in [-0.39, 0.29) is 6.04 Å². The van der Waals surface area contributed by atoms with Crippen molar-refractivity contribution in [1.29, 1.82) is 0 Å². The maximum atomic E-state index is 5.17. The zero-order valence-corrected chi connectivity index (χ0v) is 19.7. The molecule has 4 rings (SSSR count). The Morgan fingerprint density at radius 1 is 1.22 bits per heavy atom. The monoisotopic (exact) mass is 439 g/mol. The summed E-state index contributed by atoms with van der Waals surface area (Å²) in [5.74, 6) is 3.42. The van der Waals surface area contributed by atoms with E-state index in [9.17, 15) is 0 Å². The number of aliphatic imine (C=N–C) groups is 1. The summed E-state index contributed by atoms with van der Waals surface area (Å²) in [5.41, 5.74) is 2.74. The second-order valence-corrected chi connectivity index (χ2v) is 9.12. The Kier molecular flexibility index (Phi) is 7.76. The fraction of sp³-hybridized carbons (Fsp3) is 0.625. The summed E-state index contributed by atoms with van der Waals surface area (Å²) in [5, 5.41) is 11.7. The third-order valence-electron chi connectivity index (χ3n) is 6.44. The second kappa shape index (κ2) is 10.9. The summed E-state index contributed by atoms with van der Waals surface area (Å²) in [6.07, 6.45) is 4.57. The highest BCUT2D eigenvalue weighted by Gasteiger charge is 2.22. The predicted molar refractivity (Wildman–Crippen MR) is 126 cm³/mol. The summed E-state index contributed by atoms with van der Waals surface area (Å²) in [4.78, 5) is 11.6. The Hall–Kier alpha value is -2.45. The molecule has 0 aliphatic carbocycles. The minimum Gasteiger partial charge on any atom is -0.377 e. The van der Waals surface area contributed by atoms with E-state index < -0.39 is 0 Å². The van der Waals surface area contributed by atoms with Gasteiger partial charge in [0, 0.05) is 46.3 Å². The van der Waals surface area contributed by atoms with Gasteiger partial charge < -0.3 is 15.4 Å². The van der Waals surface area contributed by atoms with E-state index in [1.54, 1.807) is 7.11 Å². The Morgan fingerprint density at radius 3 is 2.84 bits per heavy atom. The zero-order chi connectivity index (χ0) is 22.3. The first-order valence-electron chi connectivity index (χ1n) is 11.8. The molecule has 1 aromatic carbocycles. The van der Waals surface area contributed by atoms with Crippen LogP contribution in [0.5, 0.6) is 0 Å². The summed E-state index contributed by atoms with van der Waals surface area (Å²) < 4.78 is 7.16. The molecular weight excluding hydrogens is 402 g/mol.